The first-order valence-corrected chi connectivity index (χ1v) is 9.24. The molecule has 25 heavy (non-hydrogen) atoms. The molecule has 0 radical (unpaired) electrons. The number of nitrogens with two attached hydrogens (primary N) is 1. The number of aromatic nitrogens is 4. The van der Waals surface area contributed by atoms with Crippen LogP contribution in [0.25, 0.3) is 10.2 Å². The molecule has 0 saturated carbocycles. The van der Waals surface area contributed by atoms with Gasteiger partial charge in [0.05, 0.1) is 16.0 Å². The van der Waals surface area contributed by atoms with E-state index in [4.69, 9.17) is 5.84 Å². The molecule has 0 aliphatic rings. The average Bonchev–Trinajstić information content (AvgIpc) is 3.07. The minimum absolute atomic E-state index is 0.115. The van der Waals surface area contributed by atoms with Crippen LogP contribution in [0.3, 0.4) is 0 Å². The van der Waals surface area contributed by atoms with E-state index < -0.39 is 0 Å². The molecule has 0 aliphatic heterocycles. The first-order valence-electron chi connectivity index (χ1n) is 7.44. The minimum Gasteiger partial charge on any atom is -0.336 e. The molecule has 0 bridgehead atoms. The molecule has 1 amide bonds. The smallest absolute Gasteiger partial charge is 0.236 e. The van der Waals surface area contributed by atoms with E-state index in [1.54, 1.807) is 6.07 Å². The van der Waals surface area contributed by atoms with Crippen LogP contribution in [0.2, 0.25) is 0 Å². The van der Waals surface area contributed by atoms with Crippen molar-refractivity contribution < 1.29 is 9.18 Å². The van der Waals surface area contributed by atoms with Crippen molar-refractivity contribution in [3.05, 3.63) is 29.8 Å². The zero-order chi connectivity index (χ0) is 18.2. The van der Waals surface area contributed by atoms with Crippen LogP contribution < -0.4 is 11.2 Å². The number of anilines is 1. The summed E-state index contributed by atoms with van der Waals surface area (Å²) in [7, 11) is 0. The zero-order valence-corrected chi connectivity index (χ0v) is 15.5. The van der Waals surface area contributed by atoms with Crippen LogP contribution in [0.5, 0.6) is 0 Å². The fourth-order valence-electron chi connectivity index (χ4n) is 2.12. The molecular formula is C15H17FN6OS2. The molecular weight excluding hydrogens is 363 g/mol. The summed E-state index contributed by atoms with van der Waals surface area (Å²) in [4.78, 5) is 16.4. The number of fused-ring (bicyclic) bond motifs is 1. The number of benzene rings is 1. The molecule has 3 aromatic rings. The van der Waals surface area contributed by atoms with Gasteiger partial charge in [-0.2, -0.15) is 0 Å². The van der Waals surface area contributed by atoms with Gasteiger partial charge in [-0.25, -0.2) is 14.1 Å². The summed E-state index contributed by atoms with van der Waals surface area (Å²) in [6.07, 6.45) is 0. The van der Waals surface area contributed by atoms with Crippen LogP contribution in [0.4, 0.5) is 9.52 Å². The molecule has 1 aromatic carbocycles. The molecule has 10 heteroatoms. The third kappa shape index (κ3) is 3.90. The summed E-state index contributed by atoms with van der Waals surface area (Å²) in [5.41, 5.74) is 0.407. The van der Waals surface area contributed by atoms with Gasteiger partial charge in [-0.15, -0.1) is 10.2 Å². The highest BCUT2D eigenvalue weighted by atomic mass is 32.2. The molecule has 0 saturated heterocycles. The van der Waals surface area contributed by atoms with Gasteiger partial charge in [-0.3, -0.25) is 4.79 Å². The Bertz CT molecular complexity index is 930. The second-order valence-electron chi connectivity index (χ2n) is 6.39. The number of nitrogens with one attached hydrogen (secondary N) is 1. The highest BCUT2D eigenvalue weighted by molar-refractivity contribution is 7.99. The summed E-state index contributed by atoms with van der Waals surface area (Å²) >= 11 is 2.41. The maximum atomic E-state index is 13.2. The Morgan fingerprint density at radius 2 is 2.16 bits per heavy atom. The molecule has 2 aromatic heterocycles. The van der Waals surface area contributed by atoms with E-state index in [2.05, 4.69) is 20.5 Å². The third-order valence-corrected chi connectivity index (χ3v) is 5.14. The lowest BCUT2D eigenvalue weighted by molar-refractivity contribution is -0.113. The molecule has 2 heterocycles. The Balaban J connectivity index is 1.64. The van der Waals surface area contributed by atoms with Crippen molar-refractivity contribution >= 4 is 44.4 Å². The quantitative estimate of drug-likeness (QED) is 0.533. The van der Waals surface area contributed by atoms with Crippen molar-refractivity contribution in [2.45, 2.75) is 31.3 Å². The molecule has 0 unspecified atom stereocenters. The predicted octanol–water partition coefficient (Wildman–Crippen LogP) is 2.77. The Morgan fingerprint density at radius 1 is 1.40 bits per heavy atom. The highest BCUT2D eigenvalue weighted by Crippen LogP contribution is 2.27. The largest absolute Gasteiger partial charge is 0.336 e. The number of rotatable bonds is 4. The maximum Gasteiger partial charge on any atom is 0.236 e. The highest BCUT2D eigenvalue weighted by Gasteiger charge is 2.23. The molecule has 7 nitrogen and oxygen atoms in total. The van der Waals surface area contributed by atoms with Gasteiger partial charge in [0, 0.05) is 5.41 Å². The number of thioether (sulfide) groups is 1. The number of hydrogen-bond donors (Lipinski definition) is 2. The monoisotopic (exact) mass is 380 g/mol. The number of hydrogen-bond acceptors (Lipinski definition) is 7. The molecule has 0 spiro atoms. The van der Waals surface area contributed by atoms with Gasteiger partial charge in [0.2, 0.25) is 11.1 Å². The number of nitrogens with zero attached hydrogens (tertiary/aromatic N) is 4. The van der Waals surface area contributed by atoms with E-state index in [1.165, 1.54) is 39.9 Å². The normalized spacial score (nSPS) is 11.8. The standard InChI is InChI=1S/C15H17FN6OS2/c1-15(2,3)12-20-21-14(22(12)17)24-7-11(23)19-13-18-9-5-4-8(16)6-10(9)25-13/h4-6H,7,17H2,1-3H3,(H,18,19,23). The molecule has 132 valence electrons. The molecule has 0 fully saturated rings. The lowest BCUT2D eigenvalue weighted by Crippen LogP contribution is -2.24. The first-order chi connectivity index (χ1) is 11.7. The van der Waals surface area contributed by atoms with E-state index in [0.717, 1.165) is 0 Å². The molecule has 0 aliphatic carbocycles. The fraction of sp³-hybridized carbons (Fsp3) is 0.333. The maximum absolute atomic E-state index is 13.2. The SMILES string of the molecule is CC(C)(C)c1nnc(SCC(=O)Nc2nc3ccc(F)cc3s2)n1N. The predicted molar refractivity (Wildman–Crippen MR) is 97.8 cm³/mol. The number of amides is 1. The Hall–Kier alpha value is -2.20. The van der Waals surface area contributed by atoms with Crippen LogP contribution >= 0.6 is 23.1 Å². The van der Waals surface area contributed by atoms with Crippen molar-refractivity contribution in [2.75, 3.05) is 16.9 Å². The van der Waals surface area contributed by atoms with Crippen LogP contribution in [0.15, 0.2) is 23.4 Å². The summed E-state index contributed by atoms with van der Waals surface area (Å²) < 4.78 is 15.3. The van der Waals surface area contributed by atoms with Crippen molar-refractivity contribution in [3.63, 3.8) is 0 Å². The topological polar surface area (TPSA) is 98.7 Å². The second-order valence-corrected chi connectivity index (χ2v) is 8.37. The number of halogens is 1. The summed E-state index contributed by atoms with van der Waals surface area (Å²) in [6, 6.07) is 4.31. The molecule has 3 rings (SSSR count). The van der Waals surface area contributed by atoms with Crippen molar-refractivity contribution in [3.8, 4) is 0 Å². The van der Waals surface area contributed by atoms with Gasteiger partial charge >= 0.3 is 0 Å². The fourth-order valence-corrected chi connectivity index (χ4v) is 3.69. The first kappa shape index (κ1) is 17.6. The van der Waals surface area contributed by atoms with Gasteiger partial charge in [0.1, 0.15) is 5.82 Å². The summed E-state index contributed by atoms with van der Waals surface area (Å²) in [6.45, 7) is 5.95. The minimum atomic E-state index is -0.332. The summed E-state index contributed by atoms with van der Waals surface area (Å²) in [5.74, 6) is 6.17. The van der Waals surface area contributed by atoms with Crippen LogP contribution in [-0.2, 0) is 10.2 Å². The van der Waals surface area contributed by atoms with Gasteiger partial charge in [0.15, 0.2) is 11.0 Å². The lowest BCUT2D eigenvalue weighted by Gasteiger charge is -2.16. The van der Waals surface area contributed by atoms with Crippen molar-refractivity contribution in [1.29, 1.82) is 0 Å². The number of thiazole rings is 1. The molecule has 3 N–H and O–H groups in total. The average molecular weight is 380 g/mol. The number of carbonyl (C=O) groups is 1. The number of nitrogen functional groups attached to an aromatic ring is 1. The Kier molecular flexibility index (Phi) is 4.65. The van der Waals surface area contributed by atoms with Crippen molar-refractivity contribution in [2.24, 2.45) is 0 Å². The van der Waals surface area contributed by atoms with Crippen molar-refractivity contribution in [1.82, 2.24) is 19.9 Å². The van der Waals surface area contributed by atoms with E-state index in [0.29, 0.717) is 26.3 Å². The van der Waals surface area contributed by atoms with Crippen LogP contribution in [0, 0.1) is 5.82 Å². The van der Waals surface area contributed by atoms with Gasteiger partial charge < -0.3 is 11.2 Å². The van der Waals surface area contributed by atoms with Gasteiger partial charge in [-0.05, 0) is 18.2 Å². The van der Waals surface area contributed by atoms with E-state index >= 15 is 0 Å². The van der Waals surface area contributed by atoms with Crippen LogP contribution in [0.1, 0.15) is 26.6 Å². The molecule has 0 atom stereocenters. The van der Waals surface area contributed by atoms with E-state index in [1.807, 2.05) is 20.8 Å². The van der Waals surface area contributed by atoms with Crippen LogP contribution in [-0.4, -0.2) is 31.5 Å². The zero-order valence-electron chi connectivity index (χ0n) is 13.9. The Labute approximate surface area is 151 Å². The number of carbonyl (C=O) groups excluding carboxylic acids is 1. The van der Waals surface area contributed by atoms with E-state index in [-0.39, 0.29) is 22.9 Å². The van der Waals surface area contributed by atoms with Gasteiger partial charge in [-0.1, -0.05) is 43.9 Å². The van der Waals surface area contributed by atoms with E-state index in [9.17, 15) is 9.18 Å². The third-order valence-electron chi connectivity index (χ3n) is 3.26. The second kappa shape index (κ2) is 6.60. The Morgan fingerprint density at radius 3 is 2.84 bits per heavy atom. The lowest BCUT2D eigenvalue weighted by atomic mass is 9.96. The van der Waals surface area contributed by atoms with Gasteiger partial charge in [0.25, 0.3) is 0 Å². The summed E-state index contributed by atoms with van der Waals surface area (Å²) in [5, 5.41) is 11.7.